The summed E-state index contributed by atoms with van der Waals surface area (Å²) in [5, 5.41) is 0. The standard InChI is InChI=1S/C22H26O4/c1-21-15-7-3-5-10-12(7)18-13(15)14-16(22(18,2)20(24)26-10)8-4-6-9(25-19(21)23)11(8)17(14)21/h7-18H,3-6H2,1-2H3/t7-,8+,9+,10-,11-,12-,13-,14+,15+,16+,17+,18-,21-,22+/m1/s1. The number of rotatable bonds is 0. The zero-order chi connectivity index (χ0) is 17.3. The van der Waals surface area contributed by atoms with E-state index in [9.17, 15) is 9.59 Å². The molecule has 2 saturated heterocycles. The van der Waals surface area contributed by atoms with Gasteiger partial charge in [0, 0.05) is 11.8 Å². The van der Waals surface area contributed by atoms with Crippen molar-refractivity contribution in [2.45, 2.75) is 51.7 Å². The number of hydrogen-bond acceptors (Lipinski definition) is 4. The zero-order valence-corrected chi connectivity index (χ0v) is 15.4. The van der Waals surface area contributed by atoms with Crippen LogP contribution in [0.2, 0.25) is 0 Å². The van der Waals surface area contributed by atoms with Crippen LogP contribution in [0.25, 0.3) is 0 Å². The van der Waals surface area contributed by atoms with Crippen LogP contribution in [0, 0.1) is 70.0 Å². The van der Waals surface area contributed by atoms with Crippen molar-refractivity contribution in [3.63, 3.8) is 0 Å². The van der Waals surface area contributed by atoms with E-state index < -0.39 is 0 Å². The summed E-state index contributed by atoms with van der Waals surface area (Å²) in [6.07, 6.45) is 4.56. The Morgan fingerprint density at radius 1 is 0.654 bits per heavy atom. The van der Waals surface area contributed by atoms with Crippen LogP contribution in [0.5, 0.6) is 0 Å². The first-order valence-corrected chi connectivity index (χ1v) is 10.9. The van der Waals surface area contributed by atoms with Crippen molar-refractivity contribution >= 4 is 11.9 Å². The summed E-state index contributed by atoms with van der Waals surface area (Å²) in [5.41, 5.74) is -0.593. The first-order chi connectivity index (χ1) is 12.5. The van der Waals surface area contributed by atoms with Crippen LogP contribution in [0.15, 0.2) is 0 Å². The van der Waals surface area contributed by atoms with Crippen molar-refractivity contribution in [3.8, 4) is 0 Å². The molecule has 2 heterocycles. The molecule has 4 heteroatoms. The molecule has 8 fully saturated rings. The van der Waals surface area contributed by atoms with E-state index in [0.29, 0.717) is 59.2 Å². The molecule has 0 unspecified atom stereocenters. The van der Waals surface area contributed by atoms with Crippen LogP contribution in [0.1, 0.15) is 39.5 Å². The molecule has 0 bridgehead atoms. The van der Waals surface area contributed by atoms with E-state index in [1.807, 2.05) is 0 Å². The van der Waals surface area contributed by atoms with E-state index in [2.05, 4.69) is 13.8 Å². The van der Waals surface area contributed by atoms with Gasteiger partial charge in [-0.05, 0) is 86.9 Å². The monoisotopic (exact) mass is 354 g/mol. The lowest BCUT2D eigenvalue weighted by Gasteiger charge is -2.47. The van der Waals surface area contributed by atoms with Crippen molar-refractivity contribution in [3.05, 3.63) is 0 Å². The second kappa shape index (κ2) is 3.63. The van der Waals surface area contributed by atoms with Gasteiger partial charge in [-0.1, -0.05) is 0 Å². The molecule has 2 aliphatic heterocycles. The molecule has 0 N–H and O–H groups in total. The minimum absolute atomic E-state index is 0.112. The molecule has 0 aromatic rings. The third-order valence-electron chi connectivity index (χ3n) is 11.4. The number of esters is 2. The summed E-state index contributed by atoms with van der Waals surface area (Å²) in [5.74, 6) is 5.35. The molecule has 8 rings (SSSR count). The second-order valence-corrected chi connectivity index (χ2v) is 11.3. The molecule has 4 nitrogen and oxygen atoms in total. The molecule has 14 atom stereocenters. The minimum Gasteiger partial charge on any atom is -0.462 e. The smallest absolute Gasteiger partial charge is 0.312 e. The Morgan fingerprint density at radius 3 is 1.50 bits per heavy atom. The number of carbonyl (C=O) groups is 2. The van der Waals surface area contributed by atoms with Crippen molar-refractivity contribution < 1.29 is 19.1 Å². The van der Waals surface area contributed by atoms with E-state index >= 15 is 0 Å². The first-order valence-electron chi connectivity index (χ1n) is 10.9. The summed E-state index contributed by atoms with van der Waals surface area (Å²) in [7, 11) is 0. The average molecular weight is 354 g/mol. The molecule has 0 radical (unpaired) electrons. The fraction of sp³-hybridized carbons (Fsp3) is 0.909. The molecule has 138 valence electrons. The van der Waals surface area contributed by atoms with Crippen molar-refractivity contribution in [2.24, 2.45) is 70.0 Å². The van der Waals surface area contributed by atoms with Crippen LogP contribution in [0.4, 0.5) is 0 Å². The predicted molar refractivity (Wildman–Crippen MR) is 89.3 cm³/mol. The molecular formula is C22H26O4. The maximum absolute atomic E-state index is 13.4. The summed E-state index contributed by atoms with van der Waals surface area (Å²) in [6, 6.07) is 0. The summed E-state index contributed by atoms with van der Waals surface area (Å²) in [4.78, 5) is 26.7. The van der Waals surface area contributed by atoms with Gasteiger partial charge < -0.3 is 9.47 Å². The van der Waals surface area contributed by atoms with Gasteiger partial charge in [-0.25, -0.2) is 0 Å². The Labute approximate surface area is 153 Å². The highest BCUT2D eigenvalue weighted by Crippen LogP contribution is 2.86. The highest BCUT2D eigenvalue weighted by atomic mass is 16.6. The Morgan fingerprint density at radius 2 is 1.08 bits per heavy atom. The zero-order valence-electron chi connectivity index (χ0n) is 15.4. The first kappa shape index (κ1) is 14.0. The Bertz CT molecular complexity index is 740. The number of hydrogen-bond donors (Lipinski definition) is 0. The quantitative estimate of drug-likeness (QED) is 0.628. The van der Waals surface area contributed by atoms with Gasteiger partial charge in [0.1, 0.15) is 12.2 Å². The van der Waals surface area contributed by atoms with Crippen LogP contribution in [-0.2, 0) is 19.1 Å². The van der Waals surface area contributed by atoms with Crippen molar-refractivity contribution in [2.75, 3.05) is 0 Å². The molecule has 0 aromatic heterocycles. The van der Waals surface area contributed by atoms with E-state index in [-0.39, 0.29) is 35.0 Å². The fourth-order valence-corrected chi connectivity index (χ4v) is 11.4. The number of carbonyl (C=O) groups excluding carboxylic acids is 2. The summed E-state index contributed by atoms with van der Waals surface area (Å²) < 4.78 is 12.3. The largest absolute Gasteiger partial charge is 0.462 e. The number of fused-ring (bicyclic) bond motifs is 4. The molecule has 0 spiro atoms. The van der Waals surface area contributed by atoms with E-state index in [4.69, 9.17) is 9.47 Å². The van der Waals surface area contributed by atoms with Gasteiger partial charge in [0.15, 0.2) is 0 Å². The minimum atomic E-state index is -0.297. The Hall–Kier alpha value is -1.06. The van der Waals surface area contributed by atoms with Gasteiger partial charge in [0.2, 0.25) is 0 Å². The van der Waals surface area contributed by atoms with Crippen LogP contribution in [-0.4, -0.2) is 24.1 Å². The number of ether oxygens (including phenoxy) is 2. The fourth-order valence-electron chi connectivity index (χ4n) is 11.4. The highest BCUT2D eigenvalue weighted by Gasteiger charge is 2.88. The van der Waals surface area contributed by atoms with Crippen LogP contribution >= 0.6 is 0 Å². The predicted octanol–water partition coefficient (Wildman–Crippen LogP) is 2.65. The lowest BCUT2D eigenvalue weighted by molar-refractivity contribution is -0.189. The normalized spacial score (nSPS) is 72.7. The van der Waals surface area contributed by atoms with E-state index in [0.717, 1.165) is 25.7 Å². The molecule has 26 heavy (non-hydrogen) atoms. The van der Waals surface area contributed by atoms with Gasteiger partial charge in [0.05, 0.1) is 10.8 Å². The van der Waals surface area contributed by atoms with Crippen molar-refractivity contribution in [1.82, 2.24) is 0 Å². The lowest BCUT2D eigenvalue weighted by atomic mass is 9.61. The topological polar surface area (TPSA) is 52.6 Å². The van der Waals surface area contributed by atoms with Crippen molar-refractivity contribution in [1.29, 1.82) is 0 Å². The van der Waals surface area contributed by atoms with Gasteiger partial charge in [-0.3, -0.25) is 9.59 Å². The van der Waals surface area contributed by atoms with Crippen LogP contribution < -0.4 is 0 Å². The second-order valence-electron chi connectivity index (χ2n) is 11.3. The van der Waals surface area contributed by atoms with Gasteiger partial charge >= 0.3 is 11.9 Å². The van der Waals surface area contributed by atoms with Crippen LogP contribution in [0.3, 0.4) is 0 Å². The molecule has 0 amide bonds. The third kappa shape index (κ3) is 1.00. The van der Waals surface area contributed by atoms with Gasteiger partial charge in [-0.2, -0.15) is 0 Å². The highest BCUT2D eigenvalue weighted by molar-refractivity contribution is 5.83. The Balaban J connectivity index is 1.45. The lowest BCUT2D eigenvalue weighted by Crippen LogP contribution is -2.53. The molecule has 8 aliphatic rings. The summed E-state index contributed by atoms with van der Waals surface area (Å²) >= 11 is 0. The van der Waals surface area contributed by atoms with E-state index in [1.165, 1.54) is 0 Å². The SMILES string of the molecule is C[C@]12C(=O)O[C@H]3CC[C@H]4[C@H]3[C@H]1[C@H]1[C@H]3[C@H]5[C@@H]6[C@@H](CC[C@H]6OC(=O)[C@@]5(C)[C@@H]41)[C@@H]32. The van der Waals surface area contributed by atoms with E-state index in [1.54, 1.807) is 0 Å². The van der Waals surface area contributed by atoms with Gasteiger partial charge in [-0.15, -0.1) is 0 Å². The summed E-state index contributed by atoms with van der Waals surface area (Å²) in [6.45, 7) is 4.53. The maximum atomic E-state index is 13.4. The molecule has 6 saturated carbocycles. The molecule has 0 aromatic carbocycles. The Kier molecular flexibility index (Phi) is 1.95. The molecule has 6 aliphatic carbocycles. The maximum Gasteiger partial charge on any atom is 0.312 e. The molecular weight excluding hydrogens is 328 g/mol. The third-order valence-corrected chi connectivity index (χ3v) is 11.4. The average Bonchev–Trinajstić information content (AvgIpc) is 3.34. The van der Waals surface area contributed by atoms with Gasteiger partial charge in [0.25, 0.3) is 0 Å².